The van der Waals surface area contributed by atoms with E-state index in [1.165, 1.54) is 25.7 Å². The van der Waals surface area contributed by atoms with E-state index in [0.717, 1.165) is 18.7 Å². The quantitative estimate of drug-likeness (QED) is 0.614. The fourth-order valence-electron chi connectivity index (χ4n) is 1.89. The molecule has 96 valence electrons. The molecule has 17 heavy (non-hydrogen) atoms. The molecule has 1 rings (SSSR count). The van der Waals surface area contributed by atoms with Crippen molar-refractivity contribution in [2.75, 3.05) is 0 Å². The van der Waals surface area contributed by atoms with Crippen LogP contribution in [-0.4, -0.2) is 10.6 Å². The number of unbranched alkanes of at least 4 members (excludes halogenated alkanes) is 3. The van der Waals surface area contributed by atoms with E-state index < -0.39 is 0 Å². The molecule has 1 unspecified atom stereocenters. The Kier molecular flexibility index (Phi) is 6.03. The molecule has 2 heteroatoms. The van der Waals surface area contributed by atoms with Crippen LogP contribution < -0.4 is 4.74 Å². The fraction of sp³-hybridized carbons (Fsp3) is 0.667. The molecule has 0 spiro atoms. The zero-order valence-corrected chi connectivity index (χ0v) is 11.4. The Morgan fingerprint density at radius 3 is 2.59 bits per heavy atom. The van der Waals surface area contributed by atoms with Crippen LogP contribution in [0.3, 0.4) is 0 Å². The van der Waals surface area contributed by atoms with Gasteiger partial charge in [-0.15, -0.1) is 0 Å². The number of pyridine rings is 1. The van der Waals surface area contributed by atoms with Crippen molar-refractivity contribution in [2.45, 2.75) is 64.9 Å². The van der Waals surface area contributed by atoms with Gasteiger partial charge in [-0.3, -0.25) is 0 Å². The van der Waals surface area contributed by atoms with Gasteiger partial charge in [0.1, 0.15) is 5.60 Å². The number of aromatic nitrogens is 1. The highest BCUT2D eigenvalue weighted by atomic mass is 16.5. The molecule has 1 heterocycles. The molecule has 0 aliphatic rings. The minimum atomic E-state index is -0.0674. The van der Waals surface area contributed by atoms with Gasteiger partial charge in [-0.2, -0.15) is 0 Å². The Bertz CT molecular complexity index is 299. The molecule has 0 radical (unpaired) electrons. The van der Waals surface area contributed by atoms with Crippen LogP contribution in [0.15, 0.2) is 24.4 Å². The largest absolute Gasteiger partial charge is 0.471 e. The second-order valence-corrected chi connectivity index (χ2v) is 4.88. The molecule has 0 fully saturated rings. The smallest absolute Gasteiger partial charge is 0.213 e. The second kappa shape index (κ2) is 7.31. The van der Waals surface area contributed by atoms with E-state index in [0.29, 0.717) is 0 Å². The Hall–Kier alpha value is -1.05. The maximum absolute atomic E-state index is 6.02. The first kappa shape index (κ1) is 14.0. The predicted octanol–water partition coefficient (Wildman–Crippen LogP) is 4.60. The van der Waals surface area contributed by atoms with Gasteiger partial charge in [0.15, 0.2) is 0 Å². The van der Waals surface area contributed by atoms with Crippen molar-refractivity contribution < 1.29 is 4.74 Å². The van der Waals surface area contributed by atoms with Gasteiger partial charge in [0.2, 0.25) is 5.88 Å². The zero-order chi connectivity index (χ0) is 12.6. The summed E-state index contributed by atoms with van der Waals surface area (Å²) in [6.45, 7) is 6.61. The Balaban J connectivity index is 2.45. The minimum absolute atomic E-state index is 0.0674. The third kappa shape index (κ3) is 5.20. The Morgan fingerprint density at radius 2 is 2.00 bits per heavy atom. The summed E-state index contributed by atoms with van der Waals surface area (Å²) in [6.07, 6.45) is 9.06. The lowest BCUT2D eigenvalue weighted by atomic mass is 9.95. The van der Waals surface area contributed by atoms with Crippen LogP contribution >= 0.6 is 0 Å². The molecule has 0 aliphatic carbocycles. The van der Waals surface area contributed by atoms with Gasteiger partial charge in [0.05, 0.1) is 0 Å². The summed E-state index contributed by atoms with van der Waals surface area (Å²) in [5.74, 6) is 0.743. The van der Waals surface area contributed by atoms with Gasteiger partial charge in [0, 0.05) is 12.3 Å². The van der Waals surface area contributed by atoms with E-state index in [2.05, 4.69) is 25.8 Å². The summed E-state index contributed by atoms with van der Waals surface area (Å²) in [7, 11) is 0. The van der Waals surface area contributed by atoms with Crippen molar-refractivity contribution in [3.63, 3.8) is 0 Å². The summed E-state index contributed by atoms with van der Waals surface area (Å²) >= 11 is 0. The van der Waals surface area contributed by atoms with Crippen LogP contribution in [0.1, 0.15) is 59.3 Å². The van der Waals surface area contributed by atoms with E-state index in [1.54, 1.807) is 6.20 Å². The highest BCUT2D eigenvalue weighted by Gasteiger charge is 2.23. The summed E-state index contributed by atoms with van der Waals surface area (Å²) < 4.78 is 6.02. The molecule has 1 aromatic heterocycles. The van der Waals surface area contributed by atoms with Gasteiger partial charge in [-0.05, 0) is 32.3 Å². The van der Waals surface area contributed by atoms with E-state index in [1.807, 2.05) is 18.2 Å². The lowest BCUT2D eigenvalue weighted by molar-refractivity contribution is 0.0666. The fourth-order valence-corrected chi connectivity index (χ4v) is 1.89. The Morgan fingerprint density at radius 1 is 1.18 bits per heavy atom. The highest BCUT2D eigenvalue weighted by Crippen LogP contribution is 2.25. The SMILES string of the molecule is CCCCCCC(C)(CC)Oc1ccccn1. The van der Waals surface area contributed by atoms with Crippen LogP contribution in [0, 0.1) is 0 Å². The van der Waals surface area contributed by atoms with Crippen molar-refractivity contribution in [1.82, 2.24) is 4.98 Å². The van der Waals surface area contributed by atoms with Crippen molar-refractivity contribution >= 4 is 0 Å². The van der Waals surface area contributed by atoms with Gasteiger partial charge in [0.25, 0.3) is 0 Å². The average molecular weight is 235 g/mol. The van der Waals surface area contributed by atoms with Crippen molar-refractivity contribution in [3.8, 4) is 5.88 Å². The van der Waals surface area contributed by atoms with Gasteiger partial charge >= 0.3 is 0 Å². The van der Waals surface area contributed by atoms with Crippen molar-refractivity contribution in [2.24, 2.45) is 0 Å². The van der Waals surface area contributed by atoms with E-state index in [9.17, 15) is 0 Å². The predicted molar refractivity (Wildman–Crippen MR) is 72.3 cm³/mol. The van der Waals surface area contributed by atoms with Gasteiger partial charge in [-0.1, -0.05) is 39.2 Å². The molecule has 0 saturated carbocycles. The minimum Gasteiger partial charge on any atom is -0.471 e. The standard InChI is InChI=1S/C15H25NO/c1-4-6-7-9-12-15(3,5-2)17-14-11-8-10-13-16-14/h8,10-11,13H,4-7,9,12H2,1-3H3. The number of hydrogen-bond donors (Lipinski definition) is 0. The van der Waals surface area contributed by atoms with Gasteiger partial charge in [-0.25, -0.2) is 4.98 Å². The van der Waals surface area contributed by atoms with Crippen molar-refractivity contribution in [1.29, 1.82) is 0 Å². The van der Waals surface area contributed by atoms with Crippen LogP contribution in [0.25, 0.3) is 0 Å². The van der Waals surface area contributed by atoms with Crippen LogP contribution in [0.4, 0.5) is 0 Å². The molecule has 0 aliphatic heterocycles. The topological polar surface area (TPSA) is 22.1 Å². The third-order valence-corrected chi connectivity index (χ3v) is 3.30. The van der Waals surface area contributed by atoms with Gasteiger partial charge < -0.3 is 4.74 Å². The first-order valence-corrected chi connectivity index (χ1v) is 6.80. The Labute approximate surface area is 105 Å². The molecule has 2 nitrogen and oxygen atoms in total. The van der Waals surface area contributed by atoms with Crippen LogP contribution in [0.2, 0.25) is 0 Å². The maximum atomic E-state index is 6.02. The van der Waals surface area contributed by atoms with E-state index in [4.69, 9.17) is 4.74 Å². The average Bonchev–Trinajstić information content (AvgIpc) is 2.36. The molecular formula is C15H25NO. The molecular weight excluding hydrogens is 210 g/mol. The summed E-state index contributed by atoms with van der Waals surface area (Å²) in [4.78, 5) is 4.23. The maximum Gasteiger partial charge on any atom is 0.213 e. The van der Waals surface area contributed by atoms with Crippen LogP contribution in [0.5, 0.6) is 5.88 Å². The molecule has 0 amide bonds. The zero-order valence-electron chi connectivity index (χ0n) is 11.4. The molecule has 0 bridgehead atoms. The van der Waals surface area contributed by atoms with Crippen LogP contribution in [-0.2, 0) is 0 Å². The molecule has 0 saturated heterocycles. The number of ether oxygens (including phenoxy) is 1. The summed E-state index contributed by atoms with van der Waals surface area (Å²) in [6, 6.07) is 5.81. The highest BCUT2D eigenvalue weighted by molar-refractivity contribution is 5.10. The lowest BCUT2D eigenvalue weighted by Crippen LogP contribution is -2.31. The number of hydrogen-bond acceptors (Lipinski definition) is 2. The molecule has 0 aromatic carbocycles. The normalized spacial score (nSPS) is 14.3. The third-order valence-electron chi connectivity index (χ3n) is 3.30. The monoisotopic (exact) mass is 235 g/mol. The lowest BCUT2D eigenvalue weighted by Gasteiger charge is -2.29. The number of nitrogens with zero attached hydrogens (tertiary/aromatic N) is 1. The molecule has 0 N–H and O–H groups in total. The molecule has 1 atom stereocenters. The van der Waals surface area contributed by atoms with Crippen molar-refractivity contribution in [3.05, 3.63) is 24.4 Å². The first-order chi connectivity index (χ1) is 8.20. The second-order valence-electron chi connectivity index (χ2n) is 4.88. The summed E-state index contributed by atoms with van der Waals surface area (Å²) in [5.41, 5.74) is -0.0674. The molecule has 1 aromatic rings. The van der Waals surface area contributed by atoms with E-state index >= 15 is 0 Å². The van der Waals surface area contributed by atoms with E-state index in [-0.39, 0.29) is 5.60 Å². The first-order valence-electron chi connectivity index (χ1n) is 6.80. The number of rotatable bonds is 8. The summed E-state index contributed by atoms with van der Waals surface area (Å²) in [5, 5.41) is 0.